The number of nitrogens with one attached hydrogen (secondary N) is 1. The number of rotatable bonds is 7. The minimum atomic E-state index is -3.64. The monoisotopic (exact) mass is 392 g/mol. The second kappa shape index (κ2) is 8.65. The molecule has 0 radical (unpaired) electrons. The Labute approximate surface area is 157 Å². The Hall–Kier alpha value is -2.91. The van der Waals surface area contributed by atoms with E-state index >= 15 is 0 Å². The first-order chi connectivity index (χ1) is 12.7. The smallest absolute Gasteiger partial charge is 0.331 e. The van der Waals surface area contributed by atoms with Gasteiger partial charge in [-0.05, 0) is 42.8 Å². The van der Waals surface area contributed by atoms with Crippen LogP contribution in [0.4, 0.5) is 5.69 Å². The van der Waals surface area contributed by atoms with Crippen molar-refractivity contribution < 1.29 is 27.2 Å². The zero-order valence-corrected chi connectivity index (χ0v) is 15.9. The van der Waals surface area contributed by atoms with Gasteiger partial charge in [-0.2, -0.15) is 0 Å². The van der Waals surface area contributed by atoms with Crippen molar-refractivity contribution in [2.75, 3.05) is 26.0 Å². The van der Waals surface area contributed by atoms with Crippen molar-refractivity contribution in [2.45, 2.75) is 11.8 Å². The highest BCUT2D eigenvalue weighted by molar-refractivity contribution is 7.89. The number of hydrogen-bond acceptors (Lipinski definition) is 6. The predicted octanol–water partition coefficient (Wildman–Crippen LogP) is 2.03. The molecular weight excluding hydrogens is 372 g/mol. The Bertz CT molecular complexity index is 946. The van der Waals surface area contributed by atoms with E-state index in [2.05, 4.69) is 5.32 Å². The third-order valence-corrected chi connectivity index (χ3v) is 5.46. The SMILES string of the molecule is Cc1ccc(NC(=O)COC(=O)/C=C/c2ccco2)cc1S(=O)(=O)N(C)C. The summed E-state index contributed by atoms with van der Waals surface area (Å²) >= 11 is 0. The average molecular weight is 392 g/mol. The maximum Gasteiger partial charge on any atom is 0.331 e. The van der Waals surface area contributed by atoms with Crippen LogP contribution in [0.1, 0.15) is 11.3 Å². The van der Waals surface area contributed by atoms with E-state index in [0.717, 1.165) is 10.4 Å². The lowest BCUT2D eigenvalue weighted by Gasteiger charge is -2.15. The fourth-order valence-electron chi connectivity index (χ4n) is 2.07. The minimum absolute atomic E-state index is 0.0867. The number of aryl methyl sites for hydroxylation is 1. The number of ether oxygens (including phenoxy) is 1. The molecular formula is C18H20N2O6S. The highest BCUT2D eigenvalue weighted by atomic mass is 32.2. The number of esters is 1. The standard InChI is InChI=1S/C18H20N2O6S/c1-13-6-7-14(11-16(13)27(23,24)20(2)3)19-17(21)12-26-18(22)9-8-15-5-4-10-25-15/h4-11H,12H2,1-3H3,(H,19,21)/b9-8+. The zero-order valence-electron chi connectivity index (χ0n) is 15.1. The second-order valence-corrected chi connectivity index (χ2v) is 7.89. The normalized spacial score (nSPS) is 11.7. The van der Waals surface area contributed by atoms with Crippen molar-refractivity contribution in [2.24, 2.45) is 0 Å². The van der Waals surface area contributed by atoms with Gasteiger partial charge in [-0.25, -0.2) is 17.5 Å². The number of benzene rings is 1. The van der Waals surface area contributed by atoms with Crippen LogP contribution < -0.4 is 5.32 Å². The highest BCUT2D eigenvalue weighted by Gasteiger charge is 2.20. The Morgan fingerprint density at radius 1 is 1.26 bits per heavy atom. The highest BCUT2D eigenvalue weighted by Crippen LogP contribution is 2.22. The third kappa shape index (κ3) is 5.53. The van der Waals surface area contributed by atoms with Crippen LogP contribution in [0.5, 0.6) is 0 Å². The average Bonchev–Trinajstić information content (AvgIpc) is 3.13. The predicted molar refractivity (Wildman–Crippen MR) is 99.4 cm³/mol. The summed E-state index contributed by atoms with van der Waals surface area (Å²) in [6, 6.07) is 7.85. The van der Waals surface area contributed by atoms with Gasteiger partial charge in [-0.15, -0.1) is 0 Å². The van der Waals surface area contributed by atoms with E-state index in [0.29, 0.717) is 11.3 Å². The molecule has 144 valence electrons. The Morgan fingerprint density at radius 3 is 2.63 bits per heavy atom. The van der Waals surface area contributed by atoms with Gasteiger partial charge >= 0.3 is 5.97 Å². The van der Waals surface area contributed by atoms with Gasteiger partial charge in [0.25, 0.3) is 5.91 Å². The first-order valence-electron chi connectivity index (χ1n) is 7.91. The summed E-state index contributed by atoms with van der Waals surface area (Å²) in [4.78, 5) is 23.6. The van der Waals surface area contributed by atoms with E-state index < -0.39 is 28.5 Å². The van der Waals surface area contributed by atoms with E-state index in [9.17, 15) is 18.0 Å². The second-order valence-electron chi connectivity index (χ2n) is 5.77. The molecule has 0 saturated carbocycles. The lowest BCUT2D eigenvalue weighted by atomic mass is 10.2. The van der Waals surface area contributed by atoms with Crippen molar-refractivity contribution in [3.63, 3.8) is 0 Å². The number of carbonyl (C=O) groups excluding carboxylic acids is 2. The van der Waals surface area contributed by atoms with Gasteiger partial charge in [-0.3, -0.25) is 4.79 Å². The number of anilines is 1. The zero-order chi connectivity index (χ0) is 20.0. The Kier molecular flexibility index (Phi) is 6.54. The van der Waals surface area contributed by atoms with E-state index in [1.54, 1.807) is 31.2 Å². The van der Waals surface area contributed by atoms with Crippen LogP contribution in [0.3, 0.4) is 0 Å². The Balaban J connectivity index is 1.97. The van der Waals surface area contributed by atoms with Gasteiger partial charge in [0.05, 0.1) is 11.2 Å². The first-order valence-corrected chi connectivity index (χ1v) is 9.35. The van der Waals surface area contributed by atoms with Crippen LogP contribution in [-0.2, 0) is 24.3 Å². The summed E-state index contributed by atoms with van der Waals surface area (Å²) < 4.78 is 35.6. The number of hydrogen-bond donors (Lipinski definition) is 1. The molecule has 0 aliphatic rings. The van der Waals surface area contributed by atoms with Gasteiger partial charge < -0.3 is 14.5 Å². The van der Waals surface area contributed by atoms with Crippen LogP contribution in [0, 0.1) is 6.92 Å². The summed E-state index contributed by atoms with van der Waals surface area (Å²) in [5, 5.41) is 2.50. The molecule has 2 aromatic rings. The van der Waals surface area contributed by atoms with E-state index in [-0.39, 0.29) is 10.6 Å². The molecule has 1 aromatic carbocycles. The van der Waals surface area contributed by atoms with Gasteiger partial charge in [0, 0.05) is 25.9 Å². The van der Waals surface area contributed by atoms with Crippen molar-refractivity contribution in [3.8, 4) is 0 Å². The molecule has 2 rings (SSSR count). The number of carbonyl (C=O) groups is 2. The molecule has 0 atom stereocenters. The molecule has 1 N–H and O–H groups in total. The molecule has 0 saturated heterocycles. The number of sulfonamides is 1. The van der Waals surface area contributed by atoms with Gasteiger partial charge in [-0.1, -0.05) is 6.07 Å². The van der Waals surface area contributed by atoms with Gasteiger partial charge in [0.2, 0.25) is 10.0 Å². The maximum absolute atomic E-state index is 12.3. The van der Waals surface area contributed by atoms with Crippen molar-refractivity contribution in [3.05, 3.63) is 54.0 Å². The van der Waals surface area contributed by atoms with Crippen molar-refractivity contribution >= 4 is 33.7 Å². The summed E-state index contributed by atoms with van der Waals surface area (Å²) in [7, 11) is -0.789. The largest absolute Gasteiger partial charge is 0.465 e. The van der Waals surface area contributed by atoms with Crippen LogP contribution in [0.25, 0.3) is 6.08 Å². The van der Waals surface area contributed by atoms with Crippen LogP contribution >= 0.6 is 0 Å². The fraction of sp³-hybridized carbons (Fsp3) is 0.222. The van der Waals surface area contributed by atoms with Crippen LogP contribution in [0.15, 0.2) is 52.0 Å². The number of furan rings is 1. The first kappa shape index (κ1) is 20.4. The van der Waals surface area contributed by atoms with Crippen LogP contribution in [-0.4, -0.2) is 45.3 Å². The number of amides is 1. The maximum atomic E-state index is 12.3. The molecule has 1 aromatic heterocycles. The third-order valence-electron chi connectivity index (χ3n) is 3.50. The summed E-state index contributed by atoms with van der Waals surface area (Å²) in [6.45, 7) is 1.15. The fourth-order valence-corrected chi connectivity index (χ4v) is 3.21. The molecule has 0 spiro atoms. The quantitative estimate of drug-likeness (QED) is 0.571. The van der Waals surface area contributed by atoms with Gasteiger partial charge in [0.15, 0.2) is 6.61 Å². The van der Waals surface area contributed by atoms with Crippen LogP contribution in [0.2, 0.25) is 0 Å². The van der Waals surface area contributed by atoms with Crippen molar-refractivity contribution in [1.29, 1.82) is 0 Å². The lowest BCUT2D eigenvalue weighted by Crippen LogP contribution is -2.24. The minimum Gasteiger partial charge on any atom is -0.465 e. The summed E-state index contributed by atoms with van der Waals surface area (Å²) in [6.07, 6.45) is 4.02. The molecule has 27 heavy (non-hydrogen) atoms. The van der Waals surface area contributed by atoms with Gasteiger partial charge in [0.1, 0.15) is 5.76 Å². The lowest BCUT2D eigenvalue weighted by molar-refractivity contribution is -0.142. The molecule has 0 fully saturated rings. The molecule has 1 heterocycles. The number of nitrogens with zero attached hydrogens (tertiary/aromatic N) is 1. The molecule has 0 unspecified atom stereocenters. The summed E-state index contributed by atoms with van der Waals surface area (Å²) in [5.74, 6) is -0.821. The van der Waals surface area contributed by atoms with E-state index in [1.807, 2.05) is 0 Å². The van der Waals surface area contributed by atoms with E-state index in [4.69, 9.17) is 9.15 Å². The van der Waals surface area contributed by atoms with Crippen molar-refractivity contribution in [1.82, 2.24) is 4.31 Å². The van der Waals surface area contributed by atoms with E-state index in [1.165, 1.54) is 32.5 Å². The molecule has 0 bridgehead atoms. The molecule has 8 nitrogen and oxygen atoms in total. The molecule has 0 aliphatic heterocycles. The topological polar surface area (TPSA) is 106 Å². The summed E-state index contributed by atoms with van der Waals surface area (Å²) in [5.41, 5.74) is 0.837. The molecule has 1 amide bonds. The molecule has 0 aliphatic carbocycles. The molecule has 9 heteroatoms. The Morgan fingerprint density at radius 2 is 2.00 bits per heavy atom.